The number of benzene rings is 1. The van der Waals surface area contributed by atoms with E-state index in [-0.39, 0.29) is 18.2 Å². The molecule has 1 aliphatic heterocycles. The van der Waals surface area contributed by atoms with Crippen LogP contribution < -0.4 is 0 Å². The monoisotopic (exact) mass is 339 g/mol. The van der Waals surface area contributed by atoms with Gasteiger partial charge >= 0.3 is 5.97 Å². The molecule has 0 aromatic heterocycles. The summed E-state index contributed by atoms with van der Waals surface area (Å²) in [4.78, 5) is 24.9. The average Bonchev–Trinajstić information content (AvgIpc) is 2.41. The molecule has 1 saturated heterocycles. The largest absolute Gasteiger partial charge is 0.481 e. The van der Waals surface area contributed by atoms with Crippen molar-refractivity contribution in [3.8, 4) is 0 Å². The van der Waals surface area contributed by atoms with Gasteiger partial charge < -0.3 is 10.0 Å². The van der Waals surface area contributed by atoms with E-state index in [9.17, 15) is 9.59 Å². The van der Waals surface area contributed by atoms with Crippen LogP contribution in [0.2, 0.25) is 0 Å². The number of carbonyl (C=O) groups excluding carboxylic acids is 1. The van der Waals surface area contributed by atoms with Gasteiger partial charge in [-0.25, -0.2) is 0 Å². The number of nitrogens with zero attached hydrogens (tertiary/aromatic N) is 1. The molecule has 0 aliphatic carbocycles. The summed E-state index contributed by atoms with van der Waals surface area (Å²) in [6, 6.07) is 5.61. The van der Waals surface area contributed by atoms with Gasteiger partial charge in [-0.15, -0.1) is 0 Å². The van der Waals surface area contributed by atoms with E-state index in [1.807, 2.05) is 30.0 Å². The van der Waals surface area contributed by atoms with Crippen molar-refractivity contribution in [2.45, 2.75) is 26.2 Å². The maximum atomic E-state index is 12.4. The number of carboxylic acid groups (broad SMARTS) is 1. The minimum Gasteiger partial charge on any atom is -0.481 e. The molecule has 4 nitrogen and oxygen atoms in total. The molecule has 0 bridgehead atoms. The SMILES string of the molecule is Cc1ccc(C(=O)N2CCC(CC(=O)O)CC2)cc1Br. The highest BCUT2D eigenvalue weighted by atomic mass is 79.9. The maximum Gasteiger partial charge on any atom is 0.303 e. The zero-order valence-electron chi connectivity index (χ0n) is 11.4. The molecule has 0 spiro atoms. The van der Waals surface area contributed by atoms with Crippen molar-refractivity contribution < 1.29 is 14.7 Å². The number of aliphatic carboxylic acids is 1. The van der Waals surface area contributed by atoms with E-state index in [2.05, 4.69) is 15.9 Å². The van der Waals surface area contributed by atoms with E-state index >= 15 is 0 Å². The molecule has 0 atom stereocenters. The second kappa shape index (κ2) is 6.39. The van der Waals surface area contributed by atoms with Gasteiger partial charge in [0, 0.05) is 29.5 Å². The van der Waals surface area contributed by atoms with E-state index in [0.29, 0.717) is 18.7 Å². The van der Waals surface area contributed by atoms with Gasteiger partial charge in [-0.05, 0) is 43.4 Å². The van der Waals surface area contributed by atoms with Crippen LogP contribution in [0.4, 0.5) is 0 Å². The fraction of sp³-hybridized carbons (Fsp3) is 0.467. The van der Waals surface area contributed by atoms with Gasteiger partial charge in [0.05, 0.1) is 0 Å². The molecular formula is C15H18BrNO3. The maximum absolute atomic E-state index is 12.4. The molecule has 2 rings (SSSR count). The predicted molar refractivity (Wildman–Crippen MR) is 79.8 cm³/mol. The minimum absolute atomic E-state index is 0.0273. The quantitative estimate of drug-likeness (QED) is 0.920. The third-order valence-corrected chi connectivity index (χ3v) is 4.64. The zero-order chi connectivity index (χ0) is 14.7. The summed E-state index contributed by atoms with van der Waals surface area (Å²) in [5.74, 6) is -0.530. The van der Waals surface area contributed by atoms with Crippen molar-refractivity contribution in [2.75, 3.05) is 13.1 Å². The summed E-state index contributed by atoms with van der Waals surface area (Å²) in [5.41, 5.74) is 1.78. The Morgan fingerprint density at radius 1 is 1.35 bits per heavy atom. The van der Waals surface area contributed by atoms with E-state index in [0.717, 1.165) is 22.9 Å². The first-order chi connectivity index (χ1) is 9.47. The Hall–Kier alpha value is -1.36. The highest BCUT2D eigenvalue weighted by molar-refractivity contribution is 9.10. The number of aryl methyl sites for hydroxylation is 1. The molecule has 1 fully saturated rings. The topological polar surface area (TPSA) is 57.6 Å². The smallest absolute Gasteiger partial charge is 0.303 e. The molecule has 5 heteroatoms. The number of likely N-dealkylation sites (tertiary alicyclic amines) is 1. The number of halogens is 1. The fourth-order valence-electron chi connectivity index (χ4n) is 2.50. The summed E-state index contributed by atoms with van der Waals surface area (Å²) in [5, 5.41) is 8.79. The van der Waals surface area contributed by atoms with Crippen molar-refractivity contribution in [3.05, 3.63) is 33.8 Å². The Kier molecular flexibility index (Phi) is 4.81. The van der Waals surface area contributed by atoms with Crippen LogP contribution in [0, 0.1) is 12.8 Å². The Labute approximate surface area is 126 Å². The Morgan fingerprint density at radius 2 is 2.00 bits per heavy atom. The lowest BCUT2D eigenvalue weighted by Crippen LogP contribution is -2.38. The number of amides is 1. The van der Waals surface area contributed by atoms with Gasteiger partial charge in [-0.1, -0.05) is 22.0 Å². The number of piperidine rings is 1. The first kappa shape index (κ1) is 15.0. The highest BCUT2D eigenvalue weighted by Gasteiger charge is 2.25. The summed E-state index contributed by atoms with van der Waals surface area (Å²) in [7, 11) is 0. The number of rotatable bonds is 3. The predicted octanol–water partition coefficient (Wildman–Crippen LogP) is 3.08. The molecule has 20 heavy (non-hydrogen) atoms. The highest BCUT2D eigenvalue weighted by Crippen LogP contribution is 2.23. The first-order valence-corrected chi connectivity index (χ1v) is 7.54. The van der Waals surface area contributed by atoms with Crippen molar-refractivity contribution in [3.63, 3.8) is 0 Å². The standard InChI is InChI=1S/C15H18BrNO3/c1-10-2-3-12(9-13(10)16)15(20)17-6-4-11(5-7-17)8-14(18)19/h2-3,9,11H,4-8H2,1H3,(H,18,19). The van der Waals surface area contributed by atoms with Crippen molar-refractivity contribution in [1.29, 1.82) is 0 Å². The Bertz CT molecular complexity index is 522. The number of hydrogen-bond donors (Lipinski definition) is 1. The van der Waals surface area contributed by atoms with Crippen LogP contribution in [-0.4, -0.2) is 35.0 Å². The number of hydrogen-bond acceptors (Lipinski definition) is 2. The van der Waals surface area contributed by atoms with Crippen LogP contribution in [0.3, 0.4) is 0 Å². The van der Waals surface area contributed by atoms with E-state index < -0.39 is 5.97 Å². The fourth-order valence-corrected chi connectivity index (χ4v) is 2.87. The number of carboxylic acids is 1. The molecule has 1 N–H and O–H groups in total. The van der Waals surface area contributed by atoms with Gasteiger partial charge in [0.1, 0.15) is 0 Å². The van der Waals surface area contributed by atoms with Gasteiger partial charge in [0.25, 0.3) is 5.91 Å². The third kappa shape index (κ3) is 3.60. The van der Waals surface area contributed by atoms with Crippen molar-refractivity contribution in [1.82, 2.24) is 4.90 Å². The molecule has 1 heterocycles. The van der Waals surface area contributed by atoms with Gasteiger partial charge in [0.15, 0.2) is 0 Å². The molecule has 0 radical (unpaired) electrons. The molecule has 1 aromatic carbocycles. The third-order valence-electron chi connectivity index (χ3n) is 3.78. The zero-order valence-corrected chi connectivity index (χ0v) is 13.0. The van der Waals surface area contributed by atoms with Crippen molar-refractivity contribution in [2.24, 2.45) is 5.92 Å². The van der Waals surface area contributed by atoms with Crippen molar-refractivity contribution >= 4 is 27.8 Å². The lowest BCUT2D eigenvalue weighted by Gasteiger charge is -2.31. The number of carbonyl (C=O) groups is 2. The van der Waals surface area contributed by atoms with Gasteiger partial charge in [-0.3, -0.25) is 9.59 Å². The molecule has 0 saturated carbocycles. The van der Waals surface area contributed by atoms with Crippen LogP contribution in [0.25, 0.3) is 0 Å². The molecule has 0 unspecified atom stereocenters. The van der Waals surface area contributed by atoms with E-state index in [1.54, 1.807) is 0 Å². The Balaban J connectivity index is 1.97. The molecule has 1 aromatic rings. The van der Waals surface area contributed by atoms with E-state index in [1.165, 1.54) is 0 Å². The van der Waals surface area contributed by atoms with E-state index in [4.69, 9.17) is 5.11 Å². The summed E-state index contributed by atoms with van der Waals surface area (Å²) < 4.78 is 0.934. The summed E-state index contributed by atoms with van der Waals surface area (Å²) >= 11 is 3.44. The van der Waals surface area contributed by atoms with Gasteiger partial charge in [-0.2, -0.15) is 0 Å². The lowest BCUT2D eigenvalue weighted by atomic mass is 9.93. The lowest BCUT2D eigenvalue weighted by molar-refractivity contribution is -0.138. The van der Waals surface area contributed by atoms with Crippen LogP contribution >= 0.6 is 15.9 Å². The molecular weight excluding hydrogens is 322 g/mol. The first-order valence-electron chi connectivity index (χ1n) is 6.74. The van der Waals surface area contributed by atoms with Crippen LogP contribution in [0.1, 0.15) is 35.2 Å². The molecule has 108 valence electrons. The molecule has 1 aliphatic rings. The minimum atomic E-state index is -0.753. The second-order valence-corrected chi connectivity index (χ2v) is 6.15. The van der Waals surface area contributed by atoms with Crippen LogP contribution in [-0.2, 0) is 4.79 Å². The summed E-state index contributed by atoms with van der Waals surface area (Å²) in [6.45, 7) is 3.26. The average molecular weight is 340 g/mol. The van der Waals surface area contributed by atoms with Crippen LogP contribution in [0.5, 0.6) is 0 Å². The summed E-state index contributed by atoms with van der Waals surface area (Å²) in [6.07, 6.45) is 1.74. The second-order valence-electron chi connectivity index (χ2n) is 5.30. The molecule has 1 amide bonds. The van der Waals surface area contributed by atoms with Gasteiger partial charge in [0.2, 0.25) is 0 Å². The Morgan fingerprint density at radius 3 is 2.55 bits per heavy atom. The normalized spacial score (nSPS) is 16.2. The van der Waals surface area contributed by atoms with Crippen LogP contribution in [0.15, 0.2) is 22.7 Å².